The molecule has 0 saturated carbocycles. The van der Waals surface area contributed by atoms with Crippen LogP contribution in [0.3, 0.4) is 0 Å². The third-order valence-electron chi connectivity index (χ3n) is 3.78. The van der Waals surface area contributed by atoms with Crippen molar-refractivity contribution in [3.05, 3.63) is 81.7 Å². The van der Waals surface area contributed by atoms with E-state index in [0.717, 1.165) is 11.1 Å². The fraction of sp³-hybridized carbons (Fsp3) is 0.118. The van der Waals surface area contributed by atoms with E-state index in [1.165, 1.54) is 36.2 Å². The van der Waals surface area contributed by atoms with Gasteiger partial charge in [0, 0.05) is 19.1 Å². The minimum absolute atomic E-state index is 0.0122. The van der Waals surface area contributed by atoms with E-state index in [1.807, 2.05) is 6.08 Å². The van der Waals surface area contributed by atoms with Gasteiger partial charge < -0.3 is 0 Å². The number of nitrogens with one attached hydrogen (secondary N) is 1. The van der Waals surface area contributed by atoms with Crippen molar-refractivity contribution in [1.29, 1.82) is 0 Å². The zero-order chi connectivity index (χ0) is 17.3. The van der Waals surface area contributed by atoms with Crippen molar-refractivity contribution in [2.45, 2.75) is 13.0 Å². The number of hydrogen-bond donors (Lipinski definition) is 1. The Kier molecular flexibility index (Phi) is 3.99. The maximum Gasteiger partial charge on any atom is 0.269 e. The standard InChI is InChI=1S/C17H14FN3O3/c1-11(22)20-17(13-4-8-15(9-5-13)21(23)24)10-16(19-20)12-2-6-14(18)7-3-12/h2-10,17,19H,1H3/t17-/m0/s1. The molecule has 122 valence electrons. The molecule has 24 heavy (non-hydrogen) atoms. The van der Waals surface area contributed by atoms with E-state index in [-0.39, 0.29) is 17.4 Å². The minimum Gasteiger partial charge on any atom is -0.295 e. The molecular weight excluding hydrogens is 313 g/mol. The normalized spacial score (nSPS) is 16.5. The molecule has 0 unspecified atom stereocenters. The summed E-state index contributed by atoms with van der Waals surface area (Å²) >= 11 is 0. The first kappa shape index (κ1) is 15.7. The monoisotopic (exact) mass is 327 g/mol. The molecule has 7 heteroatoms. The molecule has 0 bridgehead atoms. The van der Waals surface area contributed by atoms with Crippen LogP contribution in [0.1, 0.15) is 24.1 Å². The fourth-order valence-electron chi connectivity index (χ4n) is 2.57. The SMILES string of the molecule is CC(=O)N1NC(c2ccc(F)cc2)=C[C@H]1c1ccc([N+](=O)[O-])cc1. The largest absolute Gasteiger partial charge is 0.295 e. The Labute approximate surface area is 137 Å². The summed E-state index contributed by atoms with van der Waals surface area (Å²) in [5.74, 6) is -0.542. The summed E-state index contributed by atoms with van der Waals surface area (Å²) in [6, 6.07) is 11.5. The molecule has 6 nitrogen and oxygen atoms in total. The van der Waals surface area contributed by atoms with E-state index in [1.54, 1.807) is 24.3 Å². The first-order valence-electron chi connectivity index (χ1n) is 7.24. The Balaban J connectivity index is 1.95. The second-order valence-corrected chi connectivity index (χ2v) is 5.38. The molecule has 0 radical (unpaired) electrons. The molecule has 1 heterocycles. The Hall–Kier alpha value is -3.22. The van der Waals surface area contributed by atoms with Crippen LogP contribution in [0.4, 0.5) is 10.1 Å². The topological polar surface area (TPSA) is 75.5 Å². The molecule has 0 fully saturated rings. The van der Waals surface area contributed by atoms with Crippen molar-refractivity contribution in [2.75, 3.05) is 0 Å². The first-order chi connectivity index (χ1) is 11.5. The second-order valence-electron chi connectivity index (χ2n) is 5.38. The second kappa shape index (κ2) is 6.11. The Morgan fingerprint density at radius 2 is 1.79 bits per heavy atom. The average molecular weight is 327 g/mol. The van der Waals surface area contributed by atoms with Crippen molar-refractivity contribution in [2.24, 2.45) is 0 Å². The molecular formula is C17H14FN3O3. The highest BCUT2D eigenvalue weighted by molar-refractivity contribution is 5.79. The molecule has 1 aliphatic heterocycles. The van der Waals surface area contributed by atoms with E-state index in [4.69, 9.17) is 0 Å². The zero-order valence-electron chi connectivity index (χ0n) is 12.8. The molecule has 1 aliphatic rings. The maximum atomic E-state index is 13.1. The number of hydrogen-bond acceptors (Lipinski definition) is 4. The van der Waals surface area contributed by atoms with E-state index < -0.39 is 11.0 Å². The highest BCUT2D eigenvalue weighted by Gasteiger charge is 2.29. The van der Waals surface area contributed by atoms with Gasteiger partial charge in [-0.15, -0.1) is 0 Å². The Morgan fingerprint density at radius 1 is 1.17 bits per heavy atom. The number of halogens is 1. The summed E-state index contributed by atoms with van der Waals surface area (Å²) in [6.07, 6.45) is 1.83. The van der Waals surface area contributed by atoms with Crippen LogP contribution in [-0.2, 0) is 4.79 Å². The van der Waals surface area contributed by atoms with Crippen LogP contribution in [-0.4, -0.2) is 15.8 Å². The highest BCUT2D eigenvalue weighted by Crippen LogP contribution is 2.32. The quantitative estimate of drug-likeness (QED) is 0.694. The van der Waals surface area contributed by atoms with Crippen LogP contribution in [0.15, 0.2) is 54.6 Å². The number of nitro benzene ring substituents is 1. The summed E-state index contributed by atoms with van der Waals surface area (Å²) in [6.45, 7) is 1.42. The number of amides is 1. The smallest absolute Gasteiger partial charge is 0.269 e. The summed E-state index contributed by atoms with van der Waals surface area (Å²) in [4.78, 5) is 22.2. The molecule has 2 aromatic carbocycles. The molecule has 0 spiro atoms. The van der Waals surface area contributed by atoms with Crippen molar-refractivity contribution < 1.29 is 14.1 Å². The minimum atomic E-state index is -0.473. The number of rotatable bonds is 3. The molecule has 0 saturated heterocycles. The number of nitro groups is 1. The lowest BCUT2D eigenvalue weighted by Gasteiger charge is -2.24. The van der Waals surface area contributed by atoms with Crippen LogP contribution in [0.2, 0.25) is 0 Å². The van der Waals surface area contributed by atoms with E-state index in [9.17, 15) is 19.3 Å². The van der Waals surface area contributed by atoms with Gasteiger partial charge in [-0.25, -0.2) is 9.40 Å². The summed E-state index contributed by atoms with van der Waals surface area (Å²) in [5.41, 5.74) is 5.14. The van der Waals surface area contributed by atoms with Crippen molar-refractivity contribution in [3.63, 3.8) is 0 Å². The van der Waals surface area contributed by atoms with E-state index >= 15 is 0 Å². The Morgan fingerprint density at radius 3 is 2.33 bits per heavy atom. The van der Waals surface area contributed by atoms with Crippen molar-refractivity contribution in [3.8, 4) is 0 Å². The average Bonchev–Trinajstić information content (AvgIpc) is 3.01. The van der Waals surface area contributed by atoms with Crippen LogP contribution in [0.25, 0.3) is 5.70 Å². The molecule has 1 amide bonds. The Bertz CT molecular complexity index is 816. The summed E-state index contributed by atoms with van der Waals surface area (Å²) < 4.78 is 13.1. The van der Waals surface area contributed by atoms with Gasteiger partial charge in [-0.3, -0.25) is 20.3 Å². The van der Waals surface area contributed by atoms with E-state index in [2.05, 4.69) is 5.43 Å². The van der Waals surface area contributed by atoms with Crippen LogP contribution >= 0.6 is 0 Å². The van der Waals surface area contributed by atoms with Gasteiger partial charge in [-0.1, -0.05) is 0 Å². The fourth-order valence-corrected chi connectivity index (χ4v) is 2.57. The van der Waals surface area contributed by atoms with Crippen LogP contribution in [0.5, 0.6) is 0 Å². The van der Waals surface area contributed by atoms with Gasteiger partial charge in [0.25, 0.3) is 5.69 Å². The van der Waals surface area contributed by atoms with Crippen molar-refractivity contribution in [1.82, 2.24) is 10.4 Å². The number of hydrazine groups is 1. The van der Waals surface area contributed by atoms with Gasteiger partial charge in [0.15, 0.2) is 0 Å². The van der Waals surface area contributed by atoms with Crippen LogP contribution < -0.4 is 5.43 Å². The van der Waals surface area contributed by atoms with Gasteiger partial charge >= 0.3 is 0 Å². The predicted molar refractivity (Wildman–Crippen MR) is 85.9 cm³/mol. The number of benzene rings is 2. The number of carbonyl (C=O) groups excluding carboxylic acids is 1. The molecule has 1 N–H and O–H groups in total. The van der Waals surface area contributed by atoms with E-state index in [0.29, 0.717) is 5.70 Å². The molecule has 0 aliphatic carbocycles. The van der Waals surface area contributed by atoms with Gasteiger partial charge in [-0.05, 0) is 53.6 Å². The lowest BCUT2D eigenvalue weighted by molar-refractivity contribution is -0.384. The van der Waals surface area contributed by atoms with Gasteiger partial charge in [0.2, 0.25) is 5.91 Å². The third-order valence-corrected chi connectivity index (χ3v) is 3.78. The third kappa shape index (κ3) is 2.96. The lowest BCUT2D eigenvalue weighted by atomic mass is 10.0. The molecule has 1 atom stereocenters. The maximum absolute atomic E-state index is 13.1. The highest BCUT2D eigenvalue weighted by atomic mass is 19.1. The molecule has 3 rings (SSSR count). The van der Waals surface area contributed by atoms with Gasteiger partial charge in [-0.2, -0.15) is 0 Å². The summed E-state index contributed by atoms with van der Waals surface area (Å²) in [5, 5.41) is 12.2. The number of non-ortho nitro benzene ring substituents is 1. The predicted octanol–water partition coefficient (Wildman–Crippen LogP) is 3.18. The molecule has 2 aromatic rings. The first-order valence-corrected chi connectivity index (χ1v) is 7.24. The van der Waals surface area contributed by atoms with Crippen LogP contribution in [0, 0.1) is 15.9 Å². The lowest BCUT2D eigenvalue weighted by Crippen LogP contribution is -2.37. The summed E-state index contributed by atoms with van der Waals surface area (Å²) in [7, 11) is 0. The van der Waals surface area contributed by atoms with Gasteiger partial charge in [0.1, 0.15) is 5.82 Å². The zero-order valence-corrected chi connectivity index (χ0v) is 12.8. The molecule has 0 aromatic heterocycles. The number of carbonyl (C=O) groups is 1. The number of nitrogens with zero attached hydrogens (tertiary/aromatic N) is 2. The van der Waals surface area contributed by atoms with Gasteiger partial charge in [0.05, 0.1) is 16.7 Å². The van der Waals surface area contributed by atoms with Crippen molar-refractivity contribution >= 4 is 17.3 Å².